The summed E-state index contributed by atoms with van der Waals surface area (Å²) in [6, 6.07) is 55.8. The fourth-order valence-electron chi connectivity index (χ4n) is 14.2. The largest absolute Gasteiger partial charge is 0.455 e. The van der Waals surface area contributed by atoms with E-state index < -0.39 is 0 Å². The lowest BCUT2D eigenvalue weighted by molar-refractivity contribution is 0.332. The van der Waals surface area contributed by atoms with Crippen molar-refractivity contribution in [1.29, 1.82) is 0 Å². The number of rotatable bonds is 6. The van der Waals surface area contributed by atoms with Gasteiger partial charge < -0.3 is 14.6 Å². The van der Waals surface area contributed by atoms with Crippen LogP contribution in [0.3, 0.4) is 0 Å². The maximum atomic E-state index is 7.53. The lowest BCUT2D eigenvalue weighted by atomic mass is 9.57. The Hall–Kier alpha value is -6.78. The van der Waals surface area contributed by atoms with Crippen LogP contribution in [-0.4, -0.2) is 7.28 Å². The Balaban J connectivity index is 1.12. The van der Waals surface area contributed by atoms with Gasteiger partial charge in [0.15, 0.2) is 7.28 Å². The van der Waals surface area contributed by atoms with Crippen molar-refractivity contribution in [2.24, 2.45) is 0 Å². The molecular weight excluding hydrogens is 932 g/mol. The molecule has 0 saturated heterocycles. The number of anilines is 5. The van der Waals surface area contributed by atoms with Gasteiger partial charge in [-0.15, -0.1) is 0 Å². The summed E-state index contributed by atoms with van der Waals surface area (Å²) in [4.78, 5) is 2.62. The molecule has 4 heteroatoms. The number of furan rings is 1. The molecule has 3 nitrogen and oxygen atoms in total. The molecule has 1 radical (unpaired) electrons. The fourth-order valence-corrected chi connectivity index (χ4v) is 14.2. The highest BCUT2D eigenvalue weighted by molar-refractivity contribution is 6.73. The van der Waals surface area contributed by atoms with Crippen molar-refractivity contribution < 1.29 is 4.42 Å². The molecule has 1 N–H and O–H groups in total. The minimum Gasteiger partial charge on any atom is -0.455 e. The van der Waals surface area contributed by atoms with Crippen LogP contribution in [0.1, 0.15) is 161 Å². The van der Waals surface area contributed by atoms with E-state index in [1.54, 1.807) is 0 Å². The zero-order chi connectivity index (χ0) is 53.8. The van der Waals surface area contributed by atoms with E-state index in [-0.39, 0.29) is 32.5 Å². The highest BCUT2D eigenvalue weighted by Gasteiger charge is 2.42. The molecule has 8 aromatic carbocycles. The standard InChI is InChI=1S/C73H76BN2O/c1-44-36-54-57(72(10,11)34-32-69(54,4)5)42-61(44)76-62-38-47(45-20-16-14-17-21-45)24-28-59(62)74-66-52(37-48(39-63(66)76)46-22-18-15-19-23-46)65-60(75-49-25-27-53-55(40-49)70(6,7)31-30-68(53,2)3)29-26-50-51-41-56-58(43-64(51)77-67(50)65)73(12,13)35-33-71(56,8)9/h14-29,36-43,75H,30-35H2,1-13H3. The van der Waals surface area contributed by atoms with E-state index in [2.05, 4.69) is 253 Å². The normalized spacial score (nSPS) is 18.8. The average molecular weight is 1010 g/mol. The second-order valence-electron chi connectivity index (χ2n) is 27.7. The van der Waals surface area contributed by atoms with Crippen molar-refractivity contribution >= 4 is 68.6 Å². The Morgan fingerprint density at radius 2 is 0.961 bits per heavy atom. The maximum Gasteiger partial charge on any atom is 0.197 e. The van der Waals surface area contributed by atoms with Crippen LogP contribution in [0.25, 0.3) is 55.3 Å². The Bertz CT molecular complexity index is 3880. The van der Waals surface area contributed by atoms with Crippen LogP contribution < -0.4 is 21.1 Å². The predicted molar refractivity (Wildman–Crippen MR) is 330 cm³/mol. The molecule has 0 atom stereocenters. The zero-order valence-electron chi connectivity index (χ0n) is 48.0. The highest BCUT2D eigenvalue weighted by Crippen LogP contribution is 2.54. The van der Waals surface area contributed by atoms with Crippen molar-refractivity contribution in [2.45, 2.75) is 161 Å². The van der Waals surface area contributed by atoms with Crippen LogP contribution in [-0.2, 0) is 32.5 Å². The van der Waals surface area contributed by atoms with E-state index in [1.807, 2.05) is 0 Å². The number of hydrogen-bond donors (Lipinski definition) is 1. The van der Waals surface area contributed by atoms with Crippen molar-refractivity contribution in [1.82, 2.24) is 0 Å². The number of aryl methyl sites for hydroxylation is 1. The quantitative estimate of drug-likeness (QED) is 0.168. The predicted octanol–water partition coefficient (Wildman–Crippen LogP) is 19.1. The monoisotopic (exact) mass is 1010 g/mol. The van der Waals surface area contributed by atoms with Crippen LogP contribution in [0.5, 0.6) is 0 Å². The summed E-state index contributed by atoms with van der Waals surface area (Å²) in [5.41, 5.74) is 27.2. The molecule has 0 fully saturated rings. The molecule has 3 aliphatic carbocycles. The SMILES string of the molecule is Cc1cc2c(cc1N1c3cc(-c4ccccc4)ccc3[B]c3c(-c4c(Nc5ccc6c(c5)C(C)(C)CCC6(C)C)ccc5c4oc4cc6c(cc45)C(C)(C)CCC6(C)C)cc(-c4ccccc4)cc31)C(C)(C)CCC2(C)C. The Morgan fingerprint density at radius 3 is 1.58 bits per heavy atom. The van der Waals surface area contributed by atoms with E-state index >= 15 is 0 Å². The Kier molecular flexibility index (Phi) is 11.1. The van der Waals surface area contributed by atoms with E-state index in [4.69, 9.17) is 4.42 Å². The number of nitrogens with zero attached hydrogens (tertiary/aromatic N) is 1. The lowest BCUT2D eigenvalue weighted by Crippen LogP contribution is -2.41. The van der Waals surface area contributed by atoms with Gasteiger partial charge in [-0.2, -0.15) is 0 Å². The Labute approximate surface area is 459 Å². The molecule has 77 heavy (non-hydrogen) atoms. The highest BCUT2D eigenvalue weighted by atomic mass is 16.3. The van der Waals surface area contributed by atoms with Gasteiger partial charge in [0.1, 0.15) is 11.2 Å². The van der Waals surface area contributed by atoms with E-state index in [9.17, 15) is 0 Å². The molecule has 0 spiro atoms. The van der Waals surface area contributed by atoms with Crippen LogP contribution in [0.15, 0.2) is 150 Å². The van der Waals surface area contributed by atoms with Gasteiger partial charge in [-0.1, -0.05) is 173 Å². The summed E-state index contributed by atoms with van der Waals surface area (Å²) in [6.45, 7) is 31.5. The summed E-state index contributed by atoms with van der Waals surface area (Å²) >= 11 is 0. The van der Waals surface area contributed by atoms with Gasteiger partial charge in [0.2, 0.25) is 0 Å². The van der Waals surface area contributed by atoms with Gasteiger partial charge in [0, 0.05) is 39.1 Å². The molecular formula is C73H76BN2O. The van der Waals surface area contributed by atoms with Crippen LogP contribution in [0, 0.1) is 6.92 Å². The van der Waals surface area contributed by atoms with Gasteiger partial charge >= 0.3 is 0 Å². The number of nitrogens with one attached hydrogen (secondary N) is 1. The molecule has 1 aliphatic heterocycles. The van der Waals surface area contributed by atoms with Gasteiger partial charge in [-0.3, -0.25) is 0 Å². The average Bonchev–Trinajstić information content (AvgIpc) is 4.05. The summed E-state index contributed by atoms with van der Waals surface area (Å²) in [5, 5.41) is 6.46. The third kappa shape index (κ3) is 8.04. The van der Waals surface area contributed by atoms with Crippen molar-refractivity contribution in [3.05, 3.63) is 185 Å². The number of hydrogen-bond acceptors (Lipinski definition) is 3. The first-order chi connectivity index (χ1) is 36.5. The zero-order valence-corrected chi connectivity index (χ0v) is 48.0. The molecule has 1 aromatic heterocycles. The first kappa shape index (κ1) is 49.8. The minimum atomic E-state index is 0.0205. The number of fused-ring (bicyclic) bond motifs is 8. The van der Waals surface area contributed by atoms with E-state index in [1.165, 1.54) is 96.2 Å². The molecule has 9 aromatic rings. The topological polar surface area (TPSA) is 28.4 Å². The summed E-state index contributed by atoms with van der Waals surface area (Å²) in [5.74, 6) is 0. The third-order valence-corrected chi connectivity index (χ3v) is 19.6. The lowest BCUT2D eigenvalue weighted by Gasteiger charge is -2.44. The maximum absolute atomic E-state index is 7.53. The van der Waals surface area contributed by atoms with E-state index in [0.717, 1.165) is 76.0 Å². The van der Waals surface area contributed by atoms with Gasteiger partial charge in [0.25, 0.3) is 0 Å². The Morgan fingerprint density at radius 1 is 0.429 bits per heavy atom. The van der Waals surface area contributed by atoms with Gasteiger partial charge in [-0.05, 0) is 211 Å². The fraction of sp³-hybridized carbons (Fsp3) is 0.342. The first-order valence-corrected chi connectivity index (χ1v) is 28.7. The molecule has 4 aliphatic rings. The van der Waals surface area contributed by atoms with Crippen LogP contribution >= 0.6 is 0 Å². The summed E-state index contributed by atoms with van der Waals surface area (Å²) in [7, 11) is 2.47. The molecule has 0 bridgehead atoms. The smallest absolute Gasteiger partial charge is 0.197 e. The number of benzene rings is 8. The molecule has 0 amide bonds. The molecule has 2 heterocycles. The minimum absolute atomic E-state index is 0.0205. The van der Waals surface area contributed by atoms with Crippen molar-refractivity contribution in [3.63, 3.8) is 0 Å². The molecule has 0 saturated carbocycles. The van der Waals surface area contributed by atoms with E-state index in [0.29, 0.717) is 0 Å². The van der Waals surface area contributed by atoms with Crippen molar-refractivity contribution in [3.8, 4) is 33.4 Å². The molecule has 0 unspecified atom stereocenters. The summed E-state index contributed by atoms with van der Waals surface area (Å²) < 4.78 is 7.53. The van der Waals surface area contributed by atoms with Gasteiger partial charge in [-0.25, -0.2) is 0 Å². The van der Waals surface area contributed by atoms with Crippen LogP contribution in [0.4, 0.5) is 28.4 Å². The molecule has 387 valence electrons. The summed E-state index contributed by atoms with van der Waals surface area (Å²) in [6.07, 6.45) is 6.95. The molecule has 13 rings (SSSR count). The van der Waals surface area contributed by atoms with Gasteiger partial charge in [0.05, 0.1) is 5.69 Å². The first-order valence-electron chi connectivity index (χ1n) is 28.7. The van der Waals surface area contributed by atoms with Crippen LogP contribution in [0.2, 0.25) is 0 Å². The second-order valence-corrected chi connectivity index (χ2v) is 27.7. The second kappa shape index (κ2) is 17.1. The van der Waals surface area contributed by atoms with Crippen molar-refractivity contribution in [2.75, 3.05) is 10.2 Å². The third-order valence-electron chi connectivity index (χ3n) is 19.6.